The summed E-state index contributed by atoms with van der Waals surface area (Å²) in [7, 11) is 0. The van der Waals surface area contributed by atoms with Crippen LogP contribution < -0.4 is 14.7 Å². The Labute approximate surface area is 668 Å². The van der Waals surface area contributed by atoms with E-state index in [1.165, 1.54) is 157 Å². The van der Waals surface area contributed by atoms with Crippen LogP contribution in [0.2, 0.25) is 0 Å². The molecule has 114 heavy (non-hydrogen) atoms. The van der Waals surface area contributed by atoms with Gasteiger partial charge >= 0.3 is 17.9 Å². The van der Waals surface area contributed by atoms with Gasteiger partial charge in [0, 0.05) is 108 Å². The van der Waals surface area contributed by atoms with Crippen molar-refractivity contribution in [2.45, 2.75) is 173 Å². The predicted octanol–water partition coefficient (Wildman–Crippen LogP) is 21.3. The van der Waals surface area contributed by atoms with Crippen molar-refractivity contribution in [3.05, 3.63) is 339 Å². The Morgan fingerprint density at radius 2 is 0.579 bits per heavy atom. The van der Waals surface area contributed by atoms with E-state index in [0.717, 1.165) is 90.0 Å². The third-order valence-electron chi connectivity index (χ3n) is 23.7. The van der Waals surface area contributed by atoms with Gasteiger partial charge in [0.25, 0.3) is 0 Å². The molecule has 2 unspecified atom stereocenters. The first-order valence-electron chi connectivity index (χ1n) is 40.6. The first-order chi connectivity index (χ1) is 55.5. The molecule has 0 spiro atoms. The summed E-state index contributed by atoms with van der Waals surface area (Å²) in [6, 6.07) is 74.1. The summed E-state index contributed by atoms with van der Waals surface area (Å²) in [6.07, 6.45) is 31.4. The maximum atomic E-state index is 11.0. The molecule has 0 bridgehead atoms. The molecular weight excluding hydrogens is 1410 g/mol. The van der Waals surface area contributed by atoms with E-state index in [9.17, 15) is 14.4 Å². The predicted molar refractivity (Wildman–Crippen MR) is 457 cm³/mol. The minimum absolute atomic E-state index is 0.0606. The normalized spacial score (nSPS) is 19.1. The van der Waals surface area contributed by atoms with Crippen LogP contribution in [0.25, 0.3) is 51.6 Å². The first-order valence-corrected chi connectivity index (χ1v) is 40.6. The van der Waals surface area contributed by atoms with Crippen molar-refractivity contribution in [1.29, 1.82) is 0 Å². The van der Waals surface area contributed by atoms with Crippen molar-refractivity contribution in [2.75, 3.05) is 14.7 Å². The molecule has 0 radical (unpaired) electrons. The molecule has 3 aliphatic heterocycles. The second-order valence-corrected chi connectivity index (χ2v) is 31.7. The molecule has 3 aliphatic carbocycles. The summed E-state index contributed by atoms with van der Waals surface area (Å²) < 4.78 is 5.90. The van der Waals surface area contributed by atoms with Crippen LogP contribution in [0.3, 0.4) is 0 Å². The van der Waals surface area contributed by atoms with E-state index in [4.69, 9.17) is 15.3 Å². The van der Waals surface area contributed by atoms with Gasteiger partial charge < -0.3 is 30.0 Å². The monoisotopic (exact) mass is 1510 g/mol. The zero-order valence-electron chi connectivity index (χ0n) is 65.8. The quantitative estimate of drug-likeness (QED) is 0.0582. The maximum absolute atomic E-state index is 11.0. The topological polar surface area (TPSA) is 175 Å². The van der Waals surface area contributed by atoms with Crippen molar-refractivity contribution in [3.8, 4) is 33.4 Å². The van der Waals surface area contributed by atoms with E-state index >= 15 is 0 Å². The van der Waals surface area contributed by atoms with Gasteiger partial charge in [-0.1, -0.05) is 164 Å². The minimum Gasteiger partial charge on any atom is -0.478 e. The first kappa shape index (κ1) is 75.7. The molecule has 3 N–H and O–H groups in total. The molecular formula is C99H99N9O6. The Morgan fingerprint density at radius 1 is 0.333 bits per heavy atom. The van der Waals surface area contributed by atoms with Gasteiger partial charge in [-0.25, -0.2) is 14.4 Å². The number of carboxylic acid groups (broad SMARTS) is 3. The van der Waals surface area contributed by atoms with Crippen LogP contribution in [0.1, 0.15) is 199 Å². The van der Waals surface area contributed by atoms with Crippen LogP contribution in [-0.2, 0) is 53.3 Å². The third-order valence-corrected chi connectivity index (χ3v) is 23.7. The number of aryl methyl sites for hydroxylation is 3. The fourth-order valence-electron chi connectivity index (χ4n) is 17.3. The highest BCUT2D eigenvalue weighted by Gasteiger charge is 2.38. The van der Waals surface area contributed by atoms with Gasteiger partial charge in [0.15, 0.2) is 0 Å². The number of carboxylic acids is 3. The van der Waals surface area contributed by atoms with Crippen LogP contribution in [0.5, 0.6) is 0 Å². The second kappa shape index (κ2) is 33.1. The largest absolute Gasteiger partial charge is 0.478 e. The molecule has 0 saturated heterocycles. The number of hydrogen-bond donors (Lipinski definition) is 3. The average molecular weight is 1510 g/mol. The smallest absolute Gasteiger partial charge is 0.328 e. The van der Waals surface area contributed by atoms with Crippen LogP contribution in [-0.4, -0.2) is 80.7 Å². The third kappa shape index (κ3) is 16.9. The summed E-state index contributed by atoms with van der Waals surface area (Å²) >= 11 is 0. The number of aliphatic carboxylic acids is 3. The van der Waals surface area contributed by atoms with Crippen molar-refractivity contribution in [2.24, 2.45) is 0 Å². The molecule has 18 rings (SSSR count). The Bertz CT molecular complexity index is 4980. The molecule has 15 nitrogen and oxygen atoms in total. The fraction of sp³-hybridized carbons (Fsp3) is 0.273. The summed E-state index contributed by atoms with van der Waals surface area (Å²) in [5.41, 5.74) is 29.4. The number of rotatable bonds is 21. The van der Waals surface area contributed by atoms with Crippen molar-refractivity contribution >= 4 is 53.2 Å². The van der Waals surface area contributed by atoms with E-state index in [0.29, 0.717) is 18.1 Å². The average Bonchev–Trinajstić information content (AvgIpc) is 1.06. The molecule has 3 saturated carbocycles. The SMILES string of the molecule is CCn1cc(-c2ccc3c(c2)CC(C)N(c2ccc(C4CC4)cc2)C3c2ccc(/C=C/C(=O)O)cc2)cn1.CCn1cc(-c2ccc3c(c2)C[C@@H](C)N(c2ccc(C4CC4)cc2)[C@@H]3c2ccc(/C=C/C(=O)O)cc2)cn1.CCn1cc(-c2ccc3c(c2)C[C@H](C)N(c2ccc(C4CC4)cc2)[C@H]3c2ccc(/C=C/C(=O)O)cc2)cn1. The van der Waals surface area contributed by atoms with Gasteiger partial charge in [-0.15, -0.1) is 0 Å². The molecule has 6 atom stereocenters. The van der Waals surface area contributed by atoms with E-state index in [1.807, 2.05) is 69.0 Å². The van der Waals surface area contributed by atoms with Crippen LogP contribution in [0, 0.1) is 0 Å². The summed E-state index contributed by atoms with van der Waals surface area (Å²) in [4.78, 5) is 40.6. The number of nitrogens with zero attached hydrogens (tertiary/aromatic N) is 9. The summed E-state index contributed by atoms with van der Waals surface area (Å²) in [6.45, 7) is 15.8. The van der Waals surface area contributed by atoms with Gasteiger partial charge in [0.2, 0.25) is 0 Å². The zero-order valence-corrected chi connectivity index (χ0v) is 65.8. The second-order valence-electron chi connectivity index (χ2n) is 31.7. The minimum atomic E-state index is -0.940. The lowest BCUT2D eigenvalue weighted by molar-refractivity contribution is -0.132. The molecule has 6 aliphatic rings. The van der Waals surface area contributed by atoms with Crippen LogP contribution in [0.4, 0.5) is 17.1 Å². The van der Waals surface area contributed by atoms with Crippen molar-refractivity contribution in [3.63, 3.8) is 0 Å². The van der Waals surface area contributed by atoms with E-state index in [2.05, 4.69) is 254 Å². The van der Waals surface area contributed by atoms with Gasteiger partial charge in [-0.2, -0.15) is 15.3 Å². The van der Waals surface area contributed by atoms with Crippen molar-refractivity contribution < 1.29 is 29.7 Å². The lowest BCUT2D eigenvalue weighted by atomic mass is 9.83. The lowest BCUT2D eigenvalue weighted by Crippen LogP contribution is -2.42. The number of anilines is 3. The summed E-state index contributed by atoms with van der Waals surface area (Å²) in [5.74, 6) is -0.607. The van der Waals surface area contributed by atoms with E-state index in [1.54, 1.807) is 18.2 Å². The van der Waals surface area contributed by atoms with Gasteiger partial charge in [0.05, 0.1) is 36.7 Å². The Morgan fingerprint density at radius 3 is 0.798 bits per heavy atom. The van der Waals surface area contributed by atoms with Crippen LogP contribution in [0.15, 0.2) is 256 Å². The highest BCUT2D eigenvalue weighted by Crippen LogP contribution is 2.49. The van der Waals surface area contributed by atoms with Gasteiger partial charge in [-0.3, -0.25) is 14.0 Å². The molecule has 576 valence electrons. The lowest BCUT2D eigenvalue weighted by Gasteiger charge is -2.44. The highest BCUT2D eigenvalue weighted by molar-refractivity contribution is 5.87. The molecule has 12 aromatic rings. The number of carbonyl (C=O) groups is 3. The Hall–Kier alpha value is -12.4. The standard InChI is InChI=1S/3C33H33N3O2/c3*1-3-35-21-29(20-34-35)27-13-16-31-28(19-27)18-22(2)36(30-14-11-25(12-15-30)24-9-10-24)33(31)26-7-4-23(5-8-26)6-17-32(37)38/h3*4-8,11-17,19-22,24,33H,3,9-10,18H2,1-2H3,(H,37,38)/b3*17-6+/t2*22-,33-;/m10./s1. The van der Waals surface area contributed by atoms with Crippen LogP contribution >= 0.6 is 0 Å². The number of fused-ring (bicyclic) bond motifs is 3. The molecule has 3 aromatic heterocycles. The van der Waals surface area contributed by atoms with Gasteiger partial charge in [0.1, 0.15) is 0 Å². The summed E-state index contributed by atoms with van der Waals surface area (Å²) in [5, 5.41) is 40.5. The fourth-order valence-corrected chi connectivity index (χ4v) is 17.3. The molecule has 0 amide bonds. The van der Waals surface area contributed by atoms with E-state index < -0.39 is 17.9 Å². The molecule has 9 aromatic carbocycles. The number of hydrogen-bond acceptors (Lipinski definition) is 9. The Balaban J connectivity index is 0.000000129. The highest BCUT2D eigenvalue weighted by atomic mass is 16.4. The molecule has 6 heterocycles. The molecule has 3 fully saturated rings. The molecule has 15 heteroatoms. The number of aromatic nitrogens is 6. The van der Waals surface area contributed by atoms with E-state index in [-0.39, 0.29) is 18.1 Å². The Kier molecular flexibility index (Phi) is 22.0. The number of benzene rings is 9. The zero-order chi connectivity index (χ0) is 78.7. The van der Waals surface area contributed by atoms with Crippen molar-refractivity contribution in [1.82, 2.24) is 29.3 Å². The maximum Gasteiger partial charge on any atom is 0.328 e. The van der Waals surface area contributed by atoms with Gasteiger partial charge in [-0.05, 0) is 272 Å².